The maximum Gasteiger partial charge on any atom is 0.335 e. The zero-order valence-electron chi connectivity index (χ0n) is 42.5. The van der Waals surface area contributed by atoms with Crippen molar-refractivity contribution in [1.82, 2.24) is 0 Å². The summed E-state index contributed by atoms with van der Waals surface area (Å²) in [5.41, 5.74) is 0. The van der Waals surface area contributed by atoms with Gasteiger partial charge in [0.25, 0.3) is 0 Å². The summed E-state index contributed by atoms with van der Waals surface area (Å²) in [5.74, 6) is -3.34. The molecule has 0 spiro atoms. The van der Waals surface area contributed by atoms with Crippen LogP contribution >= 0.6 is 0 Å². The van der Waals surface area contributed by atoms with Crippen LogP contribution in [-0.4, -0.2) is 89.2 Å². The van der Waals surface area contributed by atoms with Crippen molar-refractivity contribution in [2.75, 3.05) is 13.2 Å². The van der Waals surface area contributed by atoms with Crippen LogP contribution < -0.4 is 0 Å². The van der Waals surface area contributed by atoms with Gasteiger partial charge in [0.1, 0.15) is 18.8 Å². The van der Waals surface area contributed by atoms with Crippen molar-refractivity contribution in [3.63, 3.8) is 0 Å². The van der Waals surface area contributed by atoms with Crippen molar-refractivity contribution in [3.8, 4) is 0 Å². The lowest BCUT2D eigenvalue weighted by molar-refractivity contribution is -0.301. The van der Waals surface area contributed by atoms with Crippen LogP contribution in [0.4, 0.5) is 0 Å². The molecule has 0 aromatic rings. The molecule has 12 nitrogen and oxygen atoms in total. The number of ether oxygens (including phenoxy) is 5. The Morgan fingerprint density at radius 3 is 1.46 bits per heavy atom. The minimum Gasteiger partial charge on any atom is -0.479 e. The number of esters is 3. The number of carboxylic acid groups (broad SMARTS) is 1. The van der Waals surface area contributed by atoms with Crippen LogP contribution in [0.3, 0.4) is 0 Å². The van der Waals surface area contributed by atoms with E-state index in [4.69, 9.17) is 23.7 Å². The van der Waals surface area contributed by atoms with Crippen LogP contribution in [0.1, 0.15) is 188 Å². The zero-order valence-corrected chi connectivity index (χ0v) is 42.5. The Kier molecular flexibility index (Phi) is 40.7. The monoisotopic (exact) mass is 967 g/mol. The molecule has 1 aliphatic heterocycles. The fourth-order valence-corrected chi connectivity index (χ4v) is 7.22. The summed E-state index contributed by atoms with van der Waals surface area (Å²) in [6, 6.07) is 0. The third kappa shape index (κ3) is 35.4. The van der Waals surface area contributed by atoms with Gasteiger partial charge in [-0.1, -0.05) is 189 Å². The smallest absolute Gasteiger partial charge is 0.335 e. The van der Waals surface area contributed by atoms with E-state index >= 15 is 0 Å². The van der Waals surface area contributed by atoms with E-state index in [0.717, 1.165) is 83.5 Å². The second-order valence-electron chi connectivity index (χ2n) is 17.4. The van der Waals surface area contributed by atoms with Gasteiger partial charge >= 0.3 is 23.9 Å². The highest BCUT2D eigenvalue weighted by Gasteiger charge is 2.50. The maximum absolute atomic E-state index is 13.0. The van der Waals surface area contributed by atoms with Crippen molar-refractivity contribution in [2.24, 2.45) is 0 Å². The van der Waals surface area contributed by atoms with Crippen LogP contribution in [0.5, 0.6) is 0 Å². The summed E-state index contributed by atoms with van der Waals surface area (Å²) in [6.45, 7) is 5.61. The second-order valence-corrected chi connectivity index (χ2v) is 17.4. The molecular formula is C57H90O12. The summed E-state index contributed by atoms with van der Waals surface area (Å²) in [7, 11) is 0. The molecular weight excluding hydrogens is 877 g/mol. The SMILES string of the molecule is CC/C=C\C/C=C\C/C=C\C/C=C\C/C=C\CC(=O)OCC(COC1OC(C(=O)O)C(O)C(O)C1OC(=O)CCCCC/C=C\C/C=C\C/C=C\CC)OC(=O)CCCCCCCCCCCCC. The normalized spacial score (nSPS) is 19.5. The largest absolute Gasteiger partial charge is 0.479 e. The number of aliphatic hydroxyl groups excluding tert-OH is 2. The van der Waals surface area contributed by atoms with E-state index in [1.807, 2.05) is 12.2 Å². The summed E-state index contributed by atoms with van der Waals surface area (Å²) < 4.78 is 28.1. The molecule has 1 rings (SSSR count). The van der Waals surface area contributed by atoms with Gasteiger partial charge in [0.2, 0.25) is 0 Å². The highest BCUT2D eigenvalue weighted by Crippen LogP contribution is 2.26. The lowest BCUT2D eigenvalue weighted by atomic mass is 9.98. The number of carbonyl (C=O) groups is 4. The molecule has 0 aliphatic carbocycles. The van der Waals surface area contributed by atoms with E-state index in [9.17, 15) is 34.5 Å². The lowest BCUT2D eigenvalue weighted by Crippen LogP contribution is -2.61. The quantitative estimate of drug-likeness (QED) is 0.0229. The van der Waals surface area contributed by atoms with Crippen molar-refractivity contribution >= 4 is 23.9 Å². The Morgan fingerprint density at radius 1 is 0.507 bits per heavy atom. The predicted octanol–water partition coefficient (Wildman–Crippen LogP) is 12.6. The minimum absolute atomic E-state index is 0.0131. The molecule has 1 aliphatic rings. The van der Waals surface area contributed by atoms with Crippen molar-refractivity contribution in [1.29, 1.82) is 0 Å². The van der Waals surface area contributed by atoms with E-state index in [0.29, 0.717) is 19.3 Å². The van der Waals surface area contributed by atoms with Crippen molar-refractivity contribution in [3.05, 3.63) is 97.2 Å². The summed E-state index contributed by atoms with van der Waals surface area (Å²) >= 11 is 0. The number of aliphatic carboxylic acids is 1. The number of carbonyl (C=O) groups excluding carboxylic acids is 3. The van der Waals surface area contributed by atoms with Gasteiger partial charge in [-0.25, -0.2) is 4.79 Å². The first kappa shape index (κ1) is 62.7. The third-order valence-corrected chi connectivity index (χ3v) is 11.2. The lowest BCUT2D eigenvalue weighted by Gasteiger charge is -2.40. The van der Waals surface area contributed by atoms with E-state index in [-0.39, 0.29) is 25.9 Å². The molecule has 390 valence electrons. The first-order valence-electron chi connectivity index (χ1n) is 26.2. The number of hydrogen-bond acceptors (Lipinski definition) is 11. The minimum atomic E-state index is -1.93. The fourth-order valence-electron chi connectivity index (χ4n) is 7.22. The predicted molar refractivity (Wildman–Crippen MR) is 275 cm³/mol. The Bertz CT molecular complexity index is 1570. The molecule has 0 aromatic heterocycles. The standard InChI is InChI=1S/C57H90O12/c1-4-7-10-13-16-19-22-24-25-27-29-31-34-37-40-43-49(58)65-46-48(67-50(59)44-41-38-35-32-28-21-18-15-12-9-6-3)47-66-57-55(53(62)52(61)54(69-57)56(63)64)68-51(60)45-42-39-36-33-30-26-23-20-17-14-11-8-5-2/h7-8,10-11,16-17,19-20,24-26,29-31,37,40,48,52-55,57,61-62H,4-6,9,12-15,18,21-23,27-28,32-36,38-39,41-47H2,1-3H3,(H,63,64)/b10-7-,11-8-,19-16-,20-17-,25-24-,30-26-,31-29-,40-37-. The molecule has 0 bridgehead atoms. The number of unbranched alkanes of at least 4 members (excludes halogenated alkanes) is 13. The van der Waals surface area contributed by atoms with Crippen LogP contribution in [0.15, 0.2) is 97.2 Å². The van der Waals surface area contributed by atoms with Gasteiger partial charge in [-0.15, -0.1) is 0 Å². The zero-order chi connectivity index (χ0) is 50.4. The number of carboxylic acids is 1. The van der Waals surface area contributed by atoms with Crippen molar-refractivity contribution in [2.45, 2.75) is 225 Å². The van der Waals surface area contributed by atoms with E-state index in [1.165, 1.54) is 44.9 Å². The van der Waals surface area contributed by atoms with Crippen LogP contribution in [0.2, 0.25) is 0 Å². The number of hydrogen-bond donors (Lipinski definition) is 3. The van der Waals surface area contributed by atoms with Gasteiger partial charge in [0.15, 0.2) is 24.6 Å². The fraction of sp³-hybridized carbons (Fsp3) is 0.649. The summed E-state index contributed by atoms with van der Waals surface area (Å²) in [4.78, 5) is 50.8. The molecule has 6 unspecified atom stereocenters. The van der Waals surface area contributed by atoms with Gasteiger partial charge in [0, 0.05) is 12.8 Å². The maximum atomic E-state index is 13.0. The molecule has 1 saturated heterocycles. The van der Waals surface area contributed by atoms with Gasteiger partial charge < -0.3 is 39.0 Å². The Hall–Kier alpha value is -4.36. The first-order chi connectivity index (χ1) is 33.6. The van der Waals surface area contributed by atoms with E-state index in [2.05, 4.69) is 99.8 Å². The summed E-state index contributed by atoms with van der Waals surface area (Å²) in [5, 5.41) is 31.3. The van der Waals surface area contributed by atoms with Crippen LogP contribution in [0, 0.1) is 0 Å². The van der Waals surface area contributed by atoms with Gasteiger partial charge in [-0.3, -0.25) is 14.4 Å². The molecule has 0 amide bonds. The second kappa shape index (κ2) is 44.8. The number of aliphatic hydroxyl groups is 2. The number of allylic oxidation sites excluding steroid dienone is 15. The average molecular weight is 967 g/mol. The molecule has 0 saturated carbocycles. The van der Waals surface area contributed by atoms with Gasteiger partial charge in [-0.05, 0) is 77.0 Å². The highest BCUT2D eigenvalue weighted by atomic mass is 16.7. The van der Waals surface area contributed by atoms with Gasteiger partial charge in [-0.2, -0.15) is 0 Å². The molecule has 0 radical (unpaired) electrons. The Balaban J connectivity index is 2.81. The molecule has 1 heterocycles. The summed E-state index contributed by atoms with van der Waals surface area (Å²) in [6.07, 6.45) is 45.7. The molecule has 0 aromatic carbocycles. The van der Waals surface area contributed by atoms with Crippen LogP contribution in [-0.2, 0) is 42.9 Å². The Morgan fingerprint density at radius 2 is 0.957 bits per heavy atom. The molecule has 1 fully saturated rings. The topological polar surface area (TPSA) is 175 Å². The molecule has 12 heteroatoms. The van der Waals surface area contributed by atoms with Gasteiger partial charge in [0.05, 0.1) is 13.0 Å². The Labute approximate surface area is 415 Å². The van der Waals surface area contributed by atoms with Crippen molar-refractivity contribution < 1.29 is 58.2 Å². The van der Waals surface area contributed by atoms with Crippen LogP contribution in [0.25, 0.3) is 0 Å². The molecule has 3 N–H and O–H groups in total. The van der Waals surface area contributed by atoms with E-state index in [1.54, 1.807) is 6.08 Å². The molecule has 69 heavy (non-hydrogen) atoms. The number of rotatable bonds is 42. The molecule has 6 atom stereocenters. The average Bonchev–Trinajstić information content (AvgIpc) is 3.33. The van der Waals surface area contributed by atoms with E-state index < -0.39 is 67.3 Å². The highest BCUT2D eigenvalue weighted by molar-refractivity contribution is 5.74. The third-order valence-electron chi connectivity index (χ3n) is 11.2. The first-order valence-corrected chi connectivity index (χ1v) is 26.2.